The van der Waals surface area contributed by atoms with Gasteiger partial charge in [0.05, 0.1) is 13.2 Å². The Morgan fingerprint density at radius 2 is 0.943 bits per heavy atom. The van der Waals surface area contributed by atoms with Gasteiger partial charge in [-0.05, 0) is 60.8 Å². The number of carbonyl (C=O) groups is 6. The first-order chi connectivity index (χ1) is 33.9. The largest absolute Gasteiger partial charge is 0.493 e. The lowest BCUT2D eigenvalue weighted by Gasteiger charge is -2.53. The Morgan fingerprint density at radius 1 is 0.571 bits per heavy atom. The normalized spacial score (nSPS) is 24.4. The third kappa shape index (κ3) is 11.3. The Labute approximate surface area is 416 Å². The Morgan fingerprint density at radius 3 is 1.33 bits per heavy atom. The van der Waals surface area contributed by atoms with Crippen LogP contribution < -0.4 is 30.7 Å². The number of thioether (sulfide) groups is 2. The van der Waals surface area contributed by atoms with Crippen LogP contribution in [0.2, 0.25) is 0 Å². The summed E-state index contributed by atoms with van der Waals surface area (Å²) in [6, 6.07) is 28.9. The van der Waals surface area contributed by atoms with Crippen LogP contribution in [0.3, 0.4) is 0 Å². The van der Waals surface area contributed by atoms with Crippen molar-refractivity contribution in [1.82, 2.24) is 31.1 Å². The first-order valence-electron chi connectivity index (χ1n) is 23.8. The predicted octanol–water partition coefficient (Wildman–Crippen LogP) is 5.35. The molecular weight excluding hydrogens is 933 g/mol. The maximum Gasteiger partial charge on any atom is 0.326 e. The maximum absolute atomic E-state index is 13.9. The first kappa shape index (κ1) is 50.3. The van der Waals surface area contributed by atoms with Crippen LogP contribution in [0.4, 0.5) is 0 Å². The number of para-hydroxylation sites is 2. The number of ether oxygens (including phenoxy) is 2. The van der Waals surface area contributed by atoms with Crippen molar-refractivity contribution in [3.8, 4) is 11.5 Å². The highest BCUT2D eigenvalue weighted by atomic mass is 32.2. The fraction of sp³-hybridized carbons (Fsp3) is 0.423. The lowest BCUT2D eigenvalue weighted by atomic mass is 9.94. The second-order valence-electron chi connectivity index (χ2n) is 18.2. The van der Waals surface area contributed by atoms with Gasteiger partial charge < -0.3 is 40.1 Å². The number of carbonyl (C=O) groups excluding carboxylic acids is 4. The Kier molecular flexibility index (Phi) is 16.7. The van der Waals surface area contributed by atoms with E-state index in [2.05, 4.69) is 21.3 Å². The molecule has 0 aromatic heterocycles. The summed E-state index contributed by atoms with van der Waals surface area (Å²) < 4.78 is 12.5. The number of unbranched alkanes of at least 4 members (excludes halogenated alkanes) is 3. The summed E-state index contributed by atoms with van der Waals surface area (Å²) >= 11 is 2.98. The fourth-order valence-electron chi connectivity index (χ4n) is 9.55. The number of aliphatic carboxylic acids is 2. The molecule has 4 saturated heterocycles. The van der Waals surface area contributed by atoms with E-state index in [4.69, 9.17) is 9.47 Å². The number of hydrogen-bond donors (Lipinski definition) is 6. The van der Waals surface area contributed by atoms with Crippen LogP contribution >= 0.6 is 23.5 Å². The highest BCUT2D eigenvalue weighted by Gasteiger charge is 2.58. The minimum Gasteiger partial charge on any atom is -0.493 e. The monoisotopic (exact) mass is 992 g/mol. The van der Waals surface area contributed by atoms with Crippen LogP contribution in [0.25, 0.3) is 0 Å². The summed E-state index contributed by atoms with van der Waals surface area (Å²) in [5.41, 5.74) is 3.19. The van der Waals surface area contributed by atoms with Crippen LogP contribution in [0.5, 0.6) is 11.5 Å². The minimum atomic E-state index is -1.03. The summed E-state index contributed by atoms with van der Waals surface area (Å²) in [5, 5.41) is 31.3. The fourth-order valence-corrected chi connectivity index (χ4v) is 12.5. The van der Waals surface area contributed by atoms with Crippen molar-refractivity contribution >= 4 is 59.1 Å². The van der Waals surface area contributed by atoms with E-state index in [-0.39, 0.29) is 35.5 Å². The van der Waals surface area contributed by atoms with Crippen LogP contribution in [0.1, 0.15) is 73.9 Å². The van der Waals surface area contributed by atoms with Gasteiger partial charge in [-0.15, -0.1) is 23.5 Å². The molecular formula is C52H60N6O10S2. The number of amides is 4. The van der Waals surface area contributed by atoms with Crippen LogP contribution in [-0.2, 0) is 41.9 Å². The lowest BCUT2D eigenvalue weighted by Crippen LogP contribution is -2.75. The standard InChI is InChI=1S/C52H60N6O10S2/c1-31-29-69-49-41(47(61)57(49)43(31)51(63)64)55-45(59)39(33-17-7-5-8-18-33)53-27-35-21-11-13-23-37(35)67-25-15-3-4-16-26-68-38-24-14-12-22-36(38)28-54-40(34-19-9-6-10-20-34)46(60)56-42-48(62)58-44(52(65)66)32(2)30-70-50(42)58/h5-14,17-24,31-32,39-44,49-50,53-54H,3-4,15-16,25-30H2,1-2H3,(H,55,59)(H,56,60)(H,63,64)(H,65,66)/t31?,32?,39-,40-,41-,42-,43?,44?,49?,50?/m0/s1. The van der Waals surface area contributed by atoms with E-state index < -0.39 is 58.9 Å². The molecule has 16 nitrogen and oxygen atoms in total. The SMILES string of the molecule is CC1CSC2[C@@H](NC(=O)[C@@H](NCc3ccccc3OCCCCCCOc3ccccc3CN[C@H](C(=O)N[C@H]3C(=O)N4C(C(=O)O)C(C)CSC34)c3ccccc3)c3ccccc3)C(=O)N2C1C(=O)O. The number of benzene rings is 4. The van der Waals surface area contributed by atoms with Crippen LogP contribution in [0.15, 0.2) is 109 Å². The van der Waals surface area contributed by atoms with Gasteiger partial charge in [0.25, 0.3) is 0 Å². The number of β-lactam (4-membered cyclic amide) rings is 2. The molecule has 6 N–H and O–H groups in total. The summed E-state index contributed by atoms with van der Waals surface area (Å²) in [4.78, 5) is 80.8. The molecule has 70 heavy (non-hydrogen) atoms. The molecule has 0 bridgehead atoms. The number of rotatable bonds is 23. The number of carboxylic acids is 2. The summed E-state index contributed by atoms with van der Waals surface area (Å²) in [6.07, 6.45) is 3.46. The van der Waals surface area contributed by atoms with Crippen molar-refractivity contribution in [2.45, 2.75) is 99.6 Å². The van der Waals surface area contributed by atoms with Crippen molar-refractivity contribution in [2.75, 3.05) is 24.7 Å². The summed E-state index contributed by atoms with van der Waals surface area (Å²) in [5.74, 6) is -1.41. The van der Waals surface area contributed by atoms with Crippen molar-refractivity contribution in [1.29, 1.82) is 0 Å². The highest BCUT2D eigenvalue weighted by Crippen LogP contribution is 2.42. The van der Waals surface area contributed by atoms with Crippen molar-refractivity contribution in [2.24, 2.45) is 11.8 Å². The molecule has 4 aliphatic heterocycles. The molecule has 10 atom stereocenters. The van der Waals surface area contributed by atoms with Crippen molar-refractivity contribution < 1.29 is 48.5 Å². The zero-order chi connectivity index (χ0) is 49.3. The molecule has 0 saturated carbocycles. The number of hydrogen-bond acceptors (Lipinski definition) is 12. The van der Waals surface area contributed by atoms with Gasteiger partial charge in [0, 0.05) is 35.7 Å². The molecule has 0 aliphatic carbocycles. The van der Waals surface area contributed by atoms with E-state index in [0.29, 0.717) is 49.3 Å². The smallest absolute Gasteiger partial charge is 0.326 e. The molecule has 4 aromatic carbocycles. The molecule has 6 unspecified atom stereocenters. The van der Waals surface area contributed by atoms with Gasteiger partial charge in [0.15, 0.2) is 0 Å². The Bertz CT molecular complexity index is 2330. The number of nitrogens with zero attached hydrogens (tertiary/aromatic N) is 2. The van der Waals surface area contributed by atoms with Crippen LogP contribution in [-0.4, -0.2) is 115 Å². The molecule has 4 heterocycles. The highest BCUT2D eigenvalue weighted by molar-refractivity contribution is 8.00. The molecule has 4 fully saturated rings. The lowest BCUT2D eigenvalue weighted by molar-refractivity contribution is -0.165. The van der Waals surface area contributed by atoms with Crippen LogP contribution in [0, 0.1) is 11.8 Å². The minimum absolute atomic E-state index is 0.197. The topological polar surface area (TPSA) is 216 Å². The van der Waals surface area contributed by atoms with Gasteiger partial charge in [0.1, 0.15) is 58.5 Å². The number of carboxylic acid groups (broad SMARTS) is 2. The predicted molar refractivity (Wildman–Crippen MR) is 266 cm³/mol. The molecule has 18 heteroatoms. The average molecular weight is 993 g/mol. The summed E-state index contributed by atoms with van der Waals surface area (Å²) in [6.45, 7) is 5.26. The van der Waals surface area contributed by atoms with E-state index in [0.717, 1.165) is 47.9 Å². The van der Waals surface area contributed by atoms with Gasteiger partial charge in [-0.3, -0.25) is 29.8 Å². The summed E-state index contributed by atoms with van der Waals surface area (Å²) in [7, 11) is 0. The molecule has 4 aromatic rings. The van der Waals surface area contributed by atoms with E-state index in [1.165, 1.54) is 33.3 Å². The third-order valence-corrected chi connectivity index (χ3v) is 16.4. The number of fused-ring (bicyclic) bond motifs is 2. The first-order valence-corrected chi connectivity index (χ1v) is 25.9. The second-order valence-corrected chi connectivity index (χ2v) is 20.5. The quantitative estimate of drug-likeness (QED) is 0.0409. The maximum atomic E-state index is 13.9. The van der Waals surface area contributed by atoms with Crippen molar-refractivity contribution in [3.05, 3.63) is 131 Å². The molecule has 8 rings (SSSR count). The Balaban J connectivity index is 0.781. The van der Waals surface area contributed by atoms with Gasteiger partial charge in [0.2, 0.25) is 23.6 Å². The van der Waals surface area contributed by atoms with Gasteiger partial charge in [-0.2, -0.15) is 0 Å². The van der Waals surface area contributed by atoms with Gasteiger partial charge in [-0.25, -0.2) is 9.59 Å². The second kappa shape index (κ2) is 23.2. The van der Waals surface area contributed by atoms with Gasteiger partial charge in [-0.1, -0.05) is 111 Å². The molecule has 0 spiro atoms. The van der Waals surface area contributed by atoms with E-state index in [1.54, 1.807) is 0 Å². The zero-order valence-corrected chi connectivity index (χ0v) is 40.7. The van der Waals surface area contributed by atoms with Crippen molar-refractivity contribution in [3.63, 3.8) is 0 Å². The zero-order valence-electron chi connectivity index (χ0n) is 39.1. The Hall–Kier alpha value is -6.08. The molecule has 0 radical (unpaired) electrons. The average Bonchev–Trinajstić information content (AvgIpc) is 3.36. The van der Waals surface area contributed by atoms with Gasteiger partial charge >= 0.3 is 11.9 Å². The van der Waals surface area contributed by atoms with E-state index >= 15 is 0 Å². The third-order valence-electron chi connectivity index (χ3n) is 13.3. The number of nitrogens with one attached hydrogen (secondary N) is 4. The van der Waals surface area contributed by atoms with E-state index in [1.807, 2.05) is 123 Å². The molecule has 4 amide bonds. The van der Waals surface area contributed by atoms with E-state index in [9.17, 15) is 39.0 Å². The molecule has 370 valence electrons. The molecule has 4 aliphatic rings.